The van der Waals surface area contributed by atoms with E-state index < -0.39 is 0 Å². The van der Waals surface area contributed by atoms with Gasteiger partial charge in [0.25, 0.3) is 0 Å². The number of rotatable bonds is 5. The maximum Gasteiger partial charge on any atom is 0.312 e. The third kappa shape index (κ3) is 2.53. The highest BCUT2D eigenvalue weighted by molar-refractivity contribution is 5.78. The van der Waals surface area contributed by atoms with Gasteiger partial charge in [-0.05, 0) is 37.0 Å². The molecule has 0 spiro atoms. The summed E-state index contributed by atoms with van der Waals surface area (Å²) in [6, 6.07) is 5.78. The van der Waals surface area contributed by atoms with Gasteiger partial charge in [0.05, 0.1) is 26.7 Å². The average Bonchev–Trinajstić information content (AvgIpc) is 2.41. The second-order valence-electron chi connectivity index (χ2n) is 4.99. The van der Waals surface area contributed by atoms with Gasteiger partial charge in [-0.25, -0.2) is 0 Å². The molecule has 0 N–H and O–H groups in total. The second-order valence-corrected chi connectivity index (χ2v) is 4.99. The van der Waals surface area contributed by atoms with Crippen LogP contribution in [0.4, 0.5) is 0 Å². The maximum absolute atomic E-state index is 11.9. The van der Waals surface area contributed by atoms with Crippen molar-refractivity contribution in [3.8, 4) is 11.5 Å². The van der Waals surface area contributed by atoms with Crippen LogP contribution < -0.4 is 9.47 Å². The van der Waals surface area contributed by atoms with Crippen LogP contribution in [-0.4, -0.2) is 27.3 Å². The van der Waals surface area contributed by atoms with Crippen molar-refractivity contribution in [2.45, 2.75) is 25.7 Å². The molecule has 19 heavy (non-hydrogen) atoms. The third-order valence-corrected chi connectivity index (χ3v) is 3.92. The first-order valence-corrected chi connectivity index (χ1v) is 6.44. The fraction of sp³-hybridized carbons (Fsp3) is 0.533. The van der Waals surface area contributed by atoms with Crippen LogP contribution >= 0.6 is 0 Å². The lowest BCUT2D eigenvalue weighted by molar-refractivity contribution is -0.158. The van der Waals surface area contributed by atoms with Crippen molar-refractivity contribution in [1.29, 1.82) is 0 Å². The molecule has 0 radical (unpaired) electrons. The highest BCUT2D eigenvalue weighted by Crippen LogP contribution is 2.45. The molecular weight excluding hydrogens is 244 g/mol. The predicted octanol–water partition coefficient (Wildman–Crippen LogP) is 2.59. The molecule has 0 atom stereocenters. The standard InChI is InChI=1S/C15H20O4/c1-17-12-6-5-11(9-13(12)18-2)10-15(7-4-8-15)14(16)19-3/h5-6,9H,4,7-8,10H2,1-3H3. The molecule has 104 valence electrons. The van der Waals surface area contributed by atoms with Crippen molar-refractivity contribution in [3.63, 3.8) is 0 Å². The monoisotopic (exact) mass is 264 g/mol. The molecule has 0 unspecified atom stereocenters. The van der Waals surface area contributed by atoms with Gasteiger partial charge >= 0.3 is 5.97 Å². The first kappa shape index (κ1) is 13.7. The molecule has 0 heterocycles. The minimum atomic E-state index is -0.339. The Labute approximate surface area is 113 Å². The van der Waals surface area contributed by atoms with Crippen molar-refractivity contribution < 1.29 is 19.0 Å². The lowest BCUT2D eigenvalue weighted by Gasteiger charge is -2.39. The van der Waals surface area contributed by atoms with E-state index >= 15 is 0 Å². The van der Waals surface area contributed by atoms with E-state index in [9.17, 15) is 4.79 Å². The summed E-state index contributed by atoms with van der Waals surface area (Å²) in [5, 5.41) is 0. The van der Waals surface area contributed by atoms with Gasteiger partial charge < -0.3 is 14.2 Å². The zero-order valence-corrected chi connectivity index (χ0v) is 11.7. The van der Waals surface area contributed by atoms with Gasteiger partial charge in [-0.1, -0.05) is 12.5 Å². The molecule has 0 bridgehead atoms. The number of ether oxygens (including phenoxy) is 3. The molecule has 0 aromatic heterocycles. The number of carbonyl (C=O) groups is 1. The van der Waals surface area contributed by atoms with Crippen LogP contribution in [0.3, 0.4) is 0 Å². The van der Waals surface area contributed by atoms with Crippen LogP contribution in [0.1, 0.15) is 24.8 Å². The molecule has 0 amide bonds. The third-order valence-electron chi connectivity index (χ3n) is 3.92. The van der Waals surface area contributed by atoms with E-state index in [1.54, 1.807) is 14.2 Å². The predicted molar refractivity (Wildman–Crippen MR) is 71.6 cm³/mol. The van der Waals surface area contributed by atoms with E-state index in [4.69, 9.17) is 14.2 Å². The van der Waals surface area contributed by atoms with E-state index in [1.807, 2.05) is 18.2 Å². The lowest BCUT2D eigenvalue weighted by atomic mass is 9.65. The molecule has 1 aromatic rings. The van der Waals surface area contributed by atoms with E-state index in [-0.39, 0.29) is 11.4 Å². The van der Waals surface area contributed by atoms with Crippen molar-refractivity contribution in [1.82, 2.24) is 0 Å². The molecular formula is C15H20O4. The summed E-state index contributed by atoms with van der Waals surface area (Å²) in [4.78, 5) is 11.9. The summed E-state index contributed by atoms with van der Waals surface area (Å²) in [5.41, 5.74) is 0.733. The topological polar surface area (TPSA) is 44.8 Å². The zero-order valence-electron chi connectivity index (χ0n) is 11.7. The van der Waals surface area contributed by atoms with Gasteiger partial charge in [0.1, 0.15) is 0 Å². The minimum Gasteiger partial charge on any atom is -0.493 e. The number of benzene rings is 1. The van der Waals surface area contributed by atoms with Crippen LogP contribution in [0.15, 0.2) is 18.2 Å². The minimum absolute atomic E-state index is 0.103. The quantitative estimate of drug-likeness (QED) is 0.767. The Morgan fingerprint density at radius 2 is 1.84 bits per heavy atom. The normalized spacial score (nSPS) is 16.4. The number of hydrogen-bond donors (Lipinski definition) is 0. The summed E-state index contributed by atoms with van der Waals surface area (Å²) in [7, 11) is 4.68. The van der Waals surface area contributed by atoms with Crippen LogP contribution in [0.25, 0.3) is 0 Å². The molecule has 2 rings (SSSR count). The summed E-state index contributed by atoms with van der Waals surface area (Å²) in [5.74, 6) is 1.29. The highest BCUT2D eigenvalue weighted by Gasteiger charge is 2.45. The van der Waals surface area contributed by atoms with E-state index in [2.05, 4.69) is 0 Å². The fourth-order valence-corrected chi connectivity index (χ4v) is 2.65. The van der Waals surface area contributed by atoms with Crippen molar-refractivity contribution in [2.75, 3.05) is 21.3 Å². The largest absolute Gasteiger partial charge is 0.493 e. The lowest BCUT2D eigenvalue weighted by Crippen LogP contribution is -2.40. The number of esters is 1. The Morgan fingerprint density at radius 1 is 1.16 bits per heavy atom. The smallest absolute Gasteiger partial charge is 0.312 e. The zero-order chi connectivity index (χ0) is 13.9. The Bertz CT molecular complexity index is 463. The summed E-state index contributed by atoms with van der Waals surface area (Å²) < 4.78 is 15.4. The Balaban J connectivity index is 2.21. The fourth-order valence-electron chi connectivity index (χ4n) is 2.65. The molecule has 4 heteroatoms. The van der Waals surface area contributed by atoms with E-state index in [0.717, 1.165) is 24.8 Å². The number of carbonyl (C=O) groups excluding carboxylic acids is 1. The Kier molecular flexibility index (Phi) is 3.98. The van der Waals surface area contributed by atoms with Crippen molar-refractivity contribution >= 4 is 5.97 Å². The summed E-state index contributed by atoms with van der Waals surface area (Å²) in [6.07, 6.45) is 3.57. The molecule has 0 aliphatic heterocycles. The number of hydrogen-bond acceptors (Lipinski definition) is 4. The molecule has 0 saturated heterocycles. The molecule has 1 fully saturated rings. The molecule has 1 saturated carbocycles. The van der Waals surface area contributed by atoms with Crippen LogP contribution in [0, 0.1) is 5.41 Å². The van der Waals surface area contributed by atoms with Crippen molar-refractivity contribution in [2.24, 2.45) is 5.41 Å². The van der Waals surface area contributed by atoms with Gasteiger partial charge in [-0.15, -0.1) is 0 Å². The first-order chi connectivity index (χ1) is 9.15. The van der Waals surface area contributed by atoms with Crippen LogP contribution in [-0.2, 0) is 16.0 Å². The SMILES string of the molecule is COC(=O)C1(Cc2ccc(OC)c(OC)c2)CCC1. The van der Waals surface area contributed by atoms with Gasteiger partial charge in [0.15, 0.2) is 11.5 Å². The van der Waals surface area contributed by atoms with Gasteiger partial charge in [0, 0.05) is 0 Å². The maximum atomic E-state index is 11.9. The molecule has 1 aromatic carbocycles. The van der Waals surface area contributed by atoms with Gasteiger partial charge in [-0.3, -0.25) is 4.79 Å². The number of methoxy groups -OCH3 is 3. The second kappa shape index (κ2) is 5.51. The van der Waals surface area contributed by atoms with Crippen LogP contribution in [0.2, 0.25) is 0 Å². The molecule has 1 aliphatic rings. The average molecular weight is 264 g/mol. The van der Waals surface area contributed by atoms with Crippen molar-refractivity contribution in [3.05, 3.63) is 23.8 Å². The van der Waals surface area contributed by atoms with E-state index in [0.29, 0.717) is 17.9 Å². The molecule has 4 nitrogen and oxygen atoms in total. The summed E-state index contributed by atoms with van der Waals surface area (Å²) >= 11 is 0. The highest BCUT2D eigenvalue weighted by atomic mass is 16.5. The molecule has 1 aliphatic carbocycles. The first-order valence-electron chi connectivity index (χ1n) is 6.44. The Morgan fingerprint density at radius 3 is 2.32 bits per heavy atom. The van der Waals surface area contributed by atoms with Gasteiger partial charge in [0.2, 0.25) is 0 Å². The summed E-state index contributed by atoms with van der Waals surface area (Å²) in [6.45, 7) is 0. The Hall–Kier alpha value is -1.71. The van der Waals surface area contributed by atoms with E-state index in [1.165, 1.54) is 7.11 Å². The van der Waals surface area contributed by atoms with Crippen LogP contribution in [0.5, 0.6) is 11.5 Å². The van der Waals surface area contributed by atoms with Gasteiger partial charge in [-0.2, -0.15) is 0 Å².